The van der Waals surface area contributed by atoms with Crippen molar-refractivity contribution in [3.63, 3.8) is 0 Å². The van der Waals surface area contributed by atoms with Crippen LogP contribution in [0.5, 0.6) is 0 Å². The number of imidazole rings is 1. The minimum Gasteiger partial charge on any atom is -0.383 e. The lowest BCUT2D eigenvalue weighted by atomic mass is 10.2. The van der Waals surface area contributed by atoms with E-state index < -0.39 is 11.2 Å². The molecular formula is C17H20ClN5O3. The van der Waals surface area contributed by atoms with Gasteiger partial charge in [0.1, 0.15) is 0 Å². The van der Waals surface area contributed by atoms with E-state index in [-0.39, 0.29) is 0 Å². The van der Waals surface area contributed by atoms with Crippen molar-refractivity contribution in [2.45, 2.75) is 6.54 Å². The Morgan fingerprint density at radius 3 is 2.69 bits per heavy atom. The van der Waals surface area contributed by atoms with Gasteiger partial charge in [0, 0.05) is 32.8 Å². The van der Waals surface area contributed by atoms with Crippen LogP contribution in [0.15, 0.2) is 33.9 Å². The first kappa shape index (κ1) is 18.2. The monoisotopic (exact) mass is 377 g/mol. The van der Waals surface area contributed by atoms with E-state index in [0.717, 1.165) is 10.1 Å². The topological polar surface area (TPSA) is 83.1 Å². The normalized spacial score (nSPS) is 11.2. The Bertz CT molecular complexity index is 1070. The lowest BCUT2D eigenvalue weighted by Crippen LogP contribution is -2.37. The summed E-state index contributed by atoms with van der Waals surface area (Å²) in [6.07, 6.45) is 0. The smallest absolute Gasteiger partial charge is 0.332 e. The maximum atomic E-state index is 12.7. The quantitative estimate of drug-likeness (QED) is 0.652. The van der Waals surface area contributed by atoms with E-state index in [1.165, 1.54) is 11.6 Å². The zero-order valence-electron chi connectivity index (χ0n) is 14.8. The second kappa shape index (κ2) is 7.35. The lowest BCUT2D eigenvalue weighted by Gasteiger charge is -2.11. The fraction of sp³-hybridized carbons (Fsp3) is 0.353. The van der Waals surface area contributed by atoms with Gasteiger partial charge in [-0.05, 0) is 17.7 Å². The second-order valence-electron chi connectivity index (χ2n) is 5.95. The predicted molar refractivity (Wildman–Crippen MR) is 101 cm³/mol. The molecule has 2 heterocycles. The zero-order chi connectivity index (χ0) is 18.8. The van der Waals surface area contributed by atoms with Crippen LogP contribution in [0.3, 0.4) is 0 Å². The van der Waals surface area contributed by atoms with Crippen LogP contribution in [0, 0.1) is 0 Å². The van der Waals surface area contributed by atoms with Crippen molar-refractivity contribution in [1.82, 2.24) is 18.7 Å². The Hall–Kier alpha value is -2.58. The largest absolute Gasteiger partial charge is 0.383 e. The van der Waals surface area contributed by atoms with Crippen LogP contribution in [0.4, 0.5) is 5.95 Å². The highest BCUT2D eigenvalue weighted by atomic mass is 35.5. The molecule has 0 aliphatic carbocycles. The highest BCUT2D eigenvalue weighted by Crippen LogP contribution is 2.19. The fourth-order valence-corrected chi connectivity index (χ4v) is 3.03. The minimum absolute atomic E-state index is 0.333. The summed E-state index contributed by atoms with van der Waals surface area (Å²) in [6.45, 7) is 1.39. The Morgan fingerprint density at radius 1 is 1.23 bits per heavy atom. The first-order chi connectivity index (χ1) is 12.4. The Labute approximate surface area is 154 Å². The SMILES string of the molecule is COCCNc1nc2c(c(=O)n(C)c(=O)n2C)n1Cc1cccc(Cl)c1. The van der Waals surface area contributed by atoms with Crippen molar-refractivity contribution < 1.29 is 4.74 Å². The van der Waals surface area contributed by atoms with Crippen LogP contribution >= 0.6 is 11.6 Å². The van der Waals surface area contributed by atoms with Crippen LogP contribution in [0.2, 0.25) is 5.02 Å². The van der Waals surface area contributed by atoms with Crippen molar-refractivity contribution in [3.05, 3.63) is 55.7 Å². The van der Waals surface area contributed by atoms with Gasteiger partial charge in [0.2, 0.25) is 5.95 Å². The number of anilines is 1. The molecule has 26 heavy (non-hydrogen) atoms. The number of rotatable bonds is 6. The molecule has 8 nitrogen and oxygen atoms in total. The molecule has 0 radical (unpaired) electrons. The molecule has 0 fully saturated rings. The summed E-state index contributed by atoms with van der Waals surface area (Å²) in [6, 6.07) is 7.39. The Morgan fingerprint density at radius 2 is 2.00 bits per heavy atom. The Balaban J connectivity index is 2.21. The van der Waals surface area contributed by atoms with Gasteiger partial charge in [0.15, 0.2) is 11.2 Å². The van der Waals surface area contributed by atoms with Gasteiger partial charge < -0.3 is 10.1 Å². The average Bonchev–Trinajstić information content (AvgIpc) is 2.97. The Kier molecular flexibility index (Phi) is 5.15. The number of nitrogens with zero attached hydrogens (tertiary/aromatic N) is 4. The van der Waals surface area contributed by atoms with Crippen LogP contribution < -0.4 is 16.6 Å². The molecule has 9 heteroatoms. The van der Waals surface area contributed by atoms with Crippen LogP contribution in [0.25, 0.3) is 11.2 Å². The van der Waals surface area contributed by atoms with E-state index in [1.54, 1.807) is 24.8 Å². The summed E-state index contributed by atoms with van der Waals surface area (Å²) >= 11 is 6.08. The molecule has 1 N–H and O–H groups in total. The predicted octanol–water partition coefficient (Wildman–Crippen LogP) is 1.19. The van der Waals surface area contributed by atoms with Crippen molar-refractivity contribution in [1.29, 1.82) is 0 Å². The van der Waals surface area contributed by atoms with Gasteiger partial charge in [-0.1, -0.05) is 23.7 Å². The number of fused-ring (bicyclic) bond motifs is 1. The summed E-state index contributed by atoms with van der Waals surface area (Å²) in [5, 5.41) is 3.77. The summed E-state index contributed by atoms with van der Waals surface area (Å²) < 4.78 is 9.27. The van der Waals surface area contributed by atoms with E-state index >= 15 is 0 Å². The van der Waals surface area contributed by atoms with Crippen LogP contribution in [-0.2, 0) is 25.4 Å². The molecule has 0 spiro atoms. The molecule has 138 valence electrons. The molecule has 0 bridgehead atoms. The number of aryl methyl sites for hydroxylation is 1. The average molecular weight is 378 g/mol. The number of hydrogen-bond donors (Lipinski definition) is 1. The summed E-state index contributed by atoms with van der Waals surface area (Å²) in [5.41, 5.74) is 0.799. The first-order valence-electron chi connectivity index (χ1n) is 8.07. The number of benzene rings is 1. The molecule has 2 aromatic heterocycles. The van der Waals surface area contributed by atoms with Gasteiger partial charge in [-0.25, -0.2) is 4.79 Å². The van der Waals surface area contributed by atoms with E-state index in [0.29, 0.717) is 41.8 Å². The van der Waals surface area contributed by atoms with Crippen LogP contribution in [0.1, 0.15) is 5.56 Å². The molecule has 3 aromatic rings. The fourth-order valence-electron chi connectivity index (χ4n) is 2.82. The van der Waals surface area contributed by atoms with Gasteiger partial charge in [-0.15, -0.1) is 0 Å². The highest BCUT2D eigenvalue weighted by molar-refractivity contribution is 6.30. The summed E-state index contributed by atoms with van der Waals surface area (Å²) in [5.74, 6) is 0.496. The van der Waals surface area contributed by atoms with Crippen molar-refractivity contribution in [2.24, 2.45) is 14.1 Å². The number of ether oxygens (including phenoxy) is 1. The molecule has 0 unspecified atom stereocenters. The number of nitrogens with one attached hydrogen (secondary N) is 1. The van der Waals surface area contributed by atoms with Crippen molar-refractivity contribution in [2.75, 3.05) is 25.6 Å². The van der Waals surface area contributed by atoms with Gasteiger partial charge >= 0.3 is 5.69 Å². The molecule has 3 rings (SSSR count). The van der Waals surface area contributed by atoms with Gasteiger partial charge in [-0.2, -0.15) is 4.98 Å². The lowest BCUT2D eigenvalue weighted by molar-refractivity contribution is 0.210. The summed E-state index contributed by atoms with van der Waals surface area (Å²) in [4.78, 5) is 29.4. The van der Waals surface area contributed by atoms with Crippen LogP contribution in [-0.4, -0.2) is 38.9 Å². The summed E-state index contributed by atoms with van der Waals surface area (Å²) in [7, 11) is 4.66. The van der Waals surface area contributed by atoms with E-state index in [1.807, 2.05) is 18.2 Å². The highest BCUT2D eigenvalue weighted by Gasteiger charge is 2.19. The van der Waals surface area contributed by atoms with Crippen molar-refractivity contribution >= 4 is 28.7 Å². The minimum atomic E-state index is -0.418. The maximum Gasteiger partial charge on any atom is 0.332 e. The molecule has 0 atom stereocenters. The molecule has 0 aliphatic rings. The first-order valence-corrected chi connectivity index (χ1v) is 8.45. The number of halogens is 1. The van der Waals surface area contributed by atoms with Gasteiger partial charge in [0.05, 0.1) is 13.2 Å². The van der Waals surface area contributed by atoms with E-state index in [2.05, 4.69) is 10.3 Å². The molecule has 0 saturated carbocycles. The standard InChI is InChI=1S/C17H20ClN5O3/c1-21-14-13(15(24)22(2)17(21)25)23(16(20-14)19-7-8-26-3)10-11-5-4-6-12(18)9-11/h4-6,9H,7-8,10H2,1-3H3,(H,19,20). The number of hydrogen-bond acceptors (Lipinski definition) is 5. The van der Waals surface area contributed by atoms with Crippen molar-refractivity contribution in [3.8, 4) is 0 Å². The molecular weight excluding hydrogens is 358 g/mol. The molecule has 0 aliphatic heterocycles. The van der Waals surface area contributed by atoms with E-state index in [4.69, 9.17) is 16.3 Å². The molecule has 1 aromatic carbocycles. The maximum absolute atomic E-state index is 12.7. The zero-order valence-corrected chi connectivity index (χ0v) is 15.6. The molecule has 0 amide bonds. The third kappa shape index (κ3) is 3.25. The van der Waals surface area contributed by atoms with E-state index in [9.17, 15) is 9.59 Å². The third-order valence-corrected chi connectivity index (χ3v) is 4.40. The third-order valence-electron chi connectivity index (χ3n) is 4.17. The van der Waals surface area contributed by atoms with Gasteiger partial charge in [0.25, 0.3) is 5.56 Å². The number of aromatic nitrogens is 4. The molecule has 0 saturated heterocycles. The number of methoxy groups -OCH3 is 1. The van der Waals surface area contributed by atoms with Gasteiger partial charge in [-0.3, -0.25) is 18.5 Å². The second-order valence-corrected chi connectivity index (χ2v) is 6.39.